The van der Waals surface area contributed by atoms with Crippen molar-refractivity contribution in [2.24, 2.45) is 11.8 Å². The summed E-state index contributed by atoms with van der Waals surface area (Å²) >= 11 is 0. The summed E-state index contributed by atoms with van der Waals surface area (Å²) in [7, 11) is 0. The van der Waals surface area contributed by atoms with Crippen molar-refractivity contribution in [3.05, 3.63) is 29.6 Å². The Morgan fingerprint density at radius 2 is 2.40 bits per heavy atom. The Morgan fingerprint density at radius 3 is 3.10 bits per heavy atom. The molecule has 20 heavy (non-hydrogen) atoms. The van der Waals surface area contributed by atoms with Gasteiger partial charge in [0, 0.05) is 31.5 Å². The number of hydrazine groups is 1. The van der Waals surface area contributed by atoms with E-state index in [2.05, 4.69) is 16.5 Å². The van der Waals surface area contributed by atoms with E-state index in [9.17, 15) is 0 Å². The van der Waals surface area contributed by atoms with Crippen molar-refractivity contribution in [3.63, 3.8) is 0 Å². The van der Waals surface area contributed by atoms with Gasteiger partial charge in [-0.3, -0.25) is 16.3 Å². The van der Waals surface area contributed by atoms with E-state index in [1.54, 1.807) is 0 Å². The van der Waals surface area contributed by atoms with Gasteiger partial charge in [0.15, 0.2) is 0 Å². The van der Waals surface area contributed by atoms with Crippen molar-refractivity contribution in [3.8, 4) is 0 Å². The summed E-state index contributed by atoms with van der Waals surface area (Å²) in [5, 5.41) is 0. The van der Waals surface area contributed by atoms with Crippen molar-refractivity contribution in [2.45, 2.75) is 37.8 Å². The minimum Gasteiger partial charge on any atom is -0.378 e. The van der Waals surface area contributed by atoms with Gasteiger partial charge in [-0.1, -0.05) is 6.07 Å². The van der Waals surface area contributed by atoms with Crippen LogP contribution in [-0.4, -0.2) is 30.4 Å². The maximum atomic E-state index is 6.01. The first-order valence-electron chi connectivity index (χ1n) is 7.33. The molecule has 1 spiro atoms. The average Bonchev–Trinajstić information content (AvgIpc) is 2.90. The molecule has 1 aromatic heterocycles. The third-order valence-corrected chi connectivity index (χ3v) is 4.63. The van der Waals surface area contributed by atoms with Gasteiger partial charge >= 0.3 is 0 Å². The zero-order valence-corrected chi connectivity index (χ0v) is 12.0. The molecule has 2 saturated heterocycles. The van der Waals surface area contributed by atoms with Gasteiger partial charge in [-0.25, -0.2) is 0 Å². The maximum absolute atomic E-state index is 6.01. The first kappa shape index (κ1) is 13.9. The maximum Gasteiger partial charge on any atom is 0.0940 e. The quantitative estimate of drug-likeness (QED) is 0.647. The third kappa shape index (κ3) is 2.59. The van der Waals surface area contributed by atoms with Gasteiger partial charge < -0.3 is 9.47 Å². The lowest BCUT2D eigenvalue weighted by Crippen LogP contribution is -2.45. The second-order valence-electron chi connectivity index (χ2n) is 5.91. The molecule has 3 heterocycles. The predicted molar refractivity (Wildman–Crippen MR) is 75.9 cm³/mol. The number of hydrogen-bond acceptors (Lipinski definition) is 5. The molecule has 0 saturated carbocycles. The first-order valence-corrected chi connectivity index (χ1v) is 7.33. The molecule has 3 unspecified atom stereocenters. The van der Waals surface area contributed by atoms with Gasteiger partial charge in [0.25, 0.3) is 0 Å². The van der Waals surface area contributed by atoms with Gasteiger partial charge in [0.05, 0.1) is 18.2 Å². The number of aromatic nitrogens is 1. The number of pyridine rings is 1. The van der Waals surface area contributed by atoms with E-state index in [4.69, 9.17) is 15.3 Å². The van der Waals surface area contributed by atoms with E-state index in [1.165, 1.54) is 5.56 Å². The average molecular weight is 277 g/mol. The largest absolute Gasteiger partial charge is 0.378 e. The van der Waals surface area contributed by atoms with Crippen LogP contribution in [0.4, 0.5) is 0 Å². The minimum atomic E-state index is -0.0892. The van der Waals surface area contributed by atoms with Crippen LogP contribution in [0.1, 0.15) is 36.6 Å². The van der Waals surface area contributed by atoms with E-state index in [0.717, 1.165) is 38.2 Å². The number of aryl methyl sites for hydroxylation is 1. The van der Waals surface area contributed by atoms with Gasteiger partial charge in [0.2, 0.25) is 0 Å². The van der Waals surface area contributed by atoms with Crippen molar-refractivity contribution in [2.75, 3.05) is 19.8 Å². The minimum absolute atomic E-state index is 0.0892. The van der Waals surface area contributed by atoms with E-state index in [-0.39, 0.29) is 11.6 Å². The van der Waals surface area contributed by atoms with Crippen LogP contribution in [0.2, 0.25) is 0 Å². The van der Waals surface area contributed by atoms with Gasteiger partial charge in [0.1, 0.15) is 0 Å². The summed E-state index contributed by atoms with van der Waals surface area (Å²) in [4.78, 5) is 4.38. The molecule has 0 aliphatic carbocycles. The van der Waals surface area contributed by atoms with E-state index in [0.29, 0.717) is 12.5 Å². The molecule has 110 valence electrons. The monoisotopic (exact) mass is 277 g/mol. The highest BCUT2D eigenvalue weighted by atomic mass is 16.6. The molecule has 0 aromatic carbocycles. The molecule has 0 radical (unpaired) electrons. The normalized spacial score (nSPS) is 31.6. The predicted octanol–water partition coefficient (Wildman–Crippen LogP) is 1.48. The number of hydrogen-bond donors (Lipinski definition) is 2. The van der Waals surface area contributed by atoms with Gasteiger partial charge in [-0.2, -0.15) is 0 Å². The molecular weight excluding hydrogens is 254 g/mol. The Morgan fingerprint density at radius 1 is 1.50 bits per heavy atom. The SMILES string of the molecule is Cc1ncccc1C(NN)C1CCOC2(CCOC2)C1. The standard InChI is InChI=1S/C15H23N3O2/c1-11-13(3-2-6-17-11)14(18-16)12-4-7-20-15(9-12)5-8-19-10-15/h2-3,6,12,14,18H,4-5,7-10,16H2,1H3. The molecule has 5 heteroatoms. The summed E-state index contributed by atoms with van der Waals surface area (Å²) in [5.74, 6) is 6.30. The van der Waals surface area contributed by atoms with Crippen molar-refractivity contribution < 1.29 is 9.47 Å². The Balaban J connectivity index is 1.81. The molecule has 2 aliphatic heterocycles. The van der Waals surface area contributed by atoms with Crippen LogP contribution in [0.15, 0.2) is 18.3 Å². The Hall–Kier alpha value is -1.01. The fourth-order valence-electron chi connectivity index (χ4n) is 3.52. The highest BCUT2D eigenvalue weighted by Gasteiger charge is 2.43. The molecule has 3 rings (SSSR count). The lowest BCUT2D eigenvalue weighted by atomic mass is 9.79. The van der Waals surface area contributed by atoms with Crippen molar-refractivity contribution in [1.82, 2.24) is 10.4 Å². The Bertz CT molecular complexity index is 460. The number of nitrogens with two attached hydrogens (primary N) is 1. The second-order valence-corrected chi connectivity index (χ2v) is 5.91. The van der Waals surface area contributed by atoms with Crippen LogP contribution in [0.3, 0.4) is 0 Å². The highest BCUT2D eigenvalue weighted by Crippen LogP contribution is 2.41. The summed E-state index contributed by atoms with van der Waals surface area (Å²) in [6, 6.07) is 4.21. The van der Waals surface area contributed by atoms with E-state index >= 15 is 0 Å². The Labute approximate surface area is 119 Å². The number of nitrogens with one attached hydrogen (secondary N) is 1. The van der Waals surface area contributed by atoms with Gasteiger partial charge in [-0.15, -0.1) is 0 Å². The van der Waals surface area contributed by atoms with Crippen LogP contribution in [-0.2, 0) is 9.47 Å². The fourth-order valence-corrected chi connectivity index (χ4v) is 3.52. The van der Waals surface area contributed by atoms with Crippen molar-refractivity contribution in [1.29, 1.82) is 0 Å². The summed E-state index contributed by atoms with van der Waals surface area (Å²) in [5.41, 5.74) is 5.14. The Kier molecular flexibility index (Phi) is 4.03. The molecule has 2 fully saturated rings. The van der Waals surface area contributed by atoms with Crippen LogP contribution < -0.4 is 11.3 Å². The van der Waals surface area contributed by atoms with Crippen LogP contribution in [0.25, 0.3) is 0 Å². The summed E-state index contributed by atoms with van der Waals surface area (Å²) < 4.78 is 11.5. The van der Waals surface area contributed by atoms with E-state index in [1.807, 2.05) is 19.2 Å². The lowest BCUT2D eigenvalue weighted by molar-refractivity contribution is -0.103. The number of ether oxygens (including phenoxy) is 2. The fraction of sp³-hybridized carbons (Fsp3) is 0.667. The molecular formula is C15H23N3O2. The number of rotatable bonds is 3. The summed E-state index contributed by atoms with van der Waals surface area (Å²) in [6.07, 6.45) is 4.83. The molecule has 1 aromatic rings. The van der Waals surface area contributed by atoms with Crippen LogP contribution >= 0.6 is 0 Å². The van der Waals surface area contributed by atoms with Gasteiger partial charge in [-0.05, 0) is 37.3 Å². The molecule has 5 nitrogen and oxygen atoms in total. The molecule has 3 N–H and O–H groups in total. The topological polar surface area (TPSA) is 69.4 Å². The van der Waals surface area contributed by atoms with E-state index < -0.39 is 0 Å². The smallest absolute Gasteiger partial charge is 0.0940 e. The zero-order valence-electron chi connectivity index (χ0n) is 12.0. The van der Waals surface area contributed by atoms with Crippen LogP contribution in [0.5, 0.6) is 0 Å². The second kappa shape index (κ2) is 5.77. The van der Waals surface area contributed by atoms with Crippen molar-refractivity contribution >= 4 is 0 Å². The molecule has 3 atom stereocenters. The molecule has 0 amide bonds. The zero-order chi connectivity index (χ0) is 14.0. The molecule has 2 aliphatic rings. The first-order chi connectivity index (χ1) is 9.74. The number of nitrogens with zero attached hydrogens (tertiary/aromatic N) is 1. The third-order valence-electron chi connectivity index (χ3n) is 4.63. The highest BCUT2D eigenvalue weighted by molar-refractivity contribution is 5.23. The van der Waals surface area contributed by atoms with Crippen LogP contribution in [0, 0.1) is 12.8 Å². The lowest BCUT2D eigenvalue weighted by Gasteiger charge is -2.40. The molecule has 0 bridgehead atoms. The summed E-state index contributed by atoms with van der Waals surface area (Å²) in [6.45, 7) is 4.34.